The third-order valence-electron chi connectivity index (χ3n) is 4.57. The number of fused-ring (bicyclic) bond motifs is 2. The summed E-state index contributed by atoms with van der Waals surface area (Å²) in [6, 6.07) is 10.3. The second kappa shape index (κ2) is 6.87. The highest BCUT2D eigenvalue weighted by molar-refractivity contribution is 6.38. The van der Waals surface area contributed by atoms with Gasteiger partial charge in [0, 0.05) is 17.5 Å². The average Bonchev–Trinajstić information content (AvgIpc) is 2.93. The molecular formula is C19H16Cl2N4O2. The quantitative estimate of drug-likeness (QED) is 0.701. The SMILES string of the molecule is C[C@@H]1CC(=O)Nc2ccccc2N1C(=O)Cn1cnc2cc(Cl)cc(Cl)c21. The van der Waals surface area contributed by atoms with Gasteiger partial charge < -0.3 is 14.8 Å². The minimum atomic E-state index is -0.277. The number of hydrogen-bond donors (Lipinski definition) is 1. The lowest BCUT2D eigenvalue weighted by Gasteiger charge is -2.28. The largest absolute Gasteiger partial charge is 0.324 e. The highest BCUT2D eigenvalue weighted by atomic mass is 35.5. The summed E-state index contributed by atoms with van der Waals surface area (Å²) >= 11 is 12.3. The van der Waals surface area contributed by atoms with Crippen LogP contribution in [0.1, 0.15) is 13.3 Å². The molecule has 0 radical (unpaired) electrons. The first-order valence-electron chi connectivity index (χ1n) is 8.45. The first kappa shape index (κ1) is 17.8. The van der Waals surface area contributed by atoms with Crippen molar-refractivity contribution < 1.29 is 9.59 Å². The molecular weight excluding hydrogens is 387 g/mol. The van der Waals surface area contributed by atoms with Crippen LogP contribution in [-0.4, -0.2) is 27.4 Å². The molecule has 0 unspecified atom stereocenters. The highest BCUT2D eigenvalue weighted by Crippen LogP contribution is 2.32. The van der Waals surface area contributed by atoms with Crippen molar-refractivity contribution in [3.63, 3.8) is 0 Å². The van der Waals surface area contributed by atoms with E-state index >= 15 is 0 Å². The van der Waals surface area contributed by atoms with E-state index in [4.69, 9.17) is 23.2 Å². The molecule has 2 heterocycles. The number of rotatable bonds is 2. The van der Waals surface area contributed by atoms with Gasteiger partial charge in [0.15, 0.2) is 0 Å². The summed E-state index contributed by atoms with van der Waals surface area (Å²) in [4.78, 5) is 31.2. The summed E-state index contributed by atoms with van der Waals surface area (Å²) in [5.74, 6) is -0.271. The summed E-state index contributed by atoms with van der Waals surface area (Å²) in [6.07, 6.45) is 1.80. The van der Waals surface area contributed by atoms with E-state index in [9.17, 15) is 9.59 Å². The number of nitrogens with one attached hydrogen (secondary N) is 1. The Morgan fingerprint density at radius 2 is 2.07 bits per heavy atom. The number of amides is 2. The fourth-order valence-electron chi connectivity index (χ4n) is 3.43. The molecule has 1 atom stereocenters. The van der Waals surface area contributed by atoms with Gasteiger partial charge in [-0.05, 0) is 31.2 Å². The molecule has 2 aromatic carbocycles. The van der Waals surface area contributed by atoms with Crippen LogP contribution in [0, 0.1) is 0 Å². The van der Waals surface area contributed by atoms with Gasteiger partial charge in [0.05, 0.1) is 33.8 Å². The fourth-order valence-corrected chi connectivity index (χ4v) is 4.03. The first-order chi connectivity index (χ1) is 12.9. The minimum absolute atomic E-state index is 0.0463. The second-order valence-electron chi connectivity index (χ2n) is 6.51. The topological polar surface area (TPSA) is 67.2 Å². The van der Waals surface area contributed by atoms with Crippen LogP contribution in [0.4, 0.5) is 11.4 Å². The number of nitrogens with zero attached hydrogens (tertiary/aromatic N) is 3. The van der Waals surface area contributed by atoms with Crippen molar-refractivity contribution in [3.05, 3.63) is 52.8 Å². The molecule has 138 valence electrons. The lowest BCUT2D eigenvalue weighted by Crippen LogP contribution is -2.40. The summed E-state index contributed by atoms with van der Waals surface area (Å²) in [7, 11) is 0. The van der Waals surface area contributed by atoms with Crippen molar-refractivity contribution in [2.75, 3.05) is 10.2 Å². The Kier molecular flexibility index (Phi) is 4.53. The van der Waals surface area contributed by atoms with E-state index < -0.39 is 0 Å². The maximum absolute atomic E-state index is 13.2. The van der Waals surface area contributed by atoms with Crippen molar-refractivity contribution in [1.82, 2.24) is 9.55 Å². The Morgan fingerprint density at radius 3 is 2.89 bits per heavy atom. The van der Waals surface area contributed by atoms with E-state index in [1.165, 1.54) is 0 Å². The molecule has 1 aromatic heterocycles. The molecule has 0 saturated heterocycles. The lowest BCUT2D eigenvalue weighted by molar-refractivity contribution is -0.119. The number of anilines is 2. The highest BCUT2D eigenvalue weighted by Gasteiger charge is 2.29. The molecule has 0 spiro atoms. The van der Waals surface area contributed by atoms with E-state index in [0.717, 1.165) is 0 Å². The number of benzene rings is 2. The van der Waals surface area contributed by atoms with Gasteiger partial charge in [-0.2, -0.15) is 0 Å². The Morgan fingerprint density at radius 1 is 1.30 bits per heavy atom. The van der Waals surface area contributed by atoms with Crippen LogP contribution in [0.15, 0.2) is 42.7 Å². The first-order valence-corrected chi connectivity index (χ1v) is 9.20. The molecule has 1 N–H and O–H groups in total. The lowest BCUT2D eigenvalue weighted by atomic mass is 10.1. The Labute approximate surface area is 165 Å². The Bertz CT molecular complexity index is 1060. The predicted octanol–water partition coefficient (Wildman–Crippen LogP) is 4.11. The van der Waals surface area contributed by atoms with Crippen LogP contribution in [0.25, 0.3) is 11.0 Å². The maximum Gasteiger partial charge on any atom is 0.247 e. The molecule has 0 saturated carbocycles. The monoisotopic (exact) mass is 402 g/mol. The summed E-state index contributed by atoms with van der Waals surface area (Å²) in [5, 5.41) is 3.78. The molecule has 27 heavy (non-hydrogen) atoms. The third-order valence-corrected chi connectivity index (χ3v) is 5.07. The molecule has 2 amide bonds. The van der Waals surface area contributed by atoms with Gasteiger partial charge in [0.25, 0.3) is 0 Å². The molecule has 4 rings (SSSR count). The number of hydrogen-bond acceptors (Lipinski definition) is 3. The van der Waals surface area contributed by atoms with Crippen LogP contribution in [0.3, 0.4) is 0 Å². The van der Waals surface area contributed by atoms with Crippen molar-refractivity contribution >= 4 is 57.4 Å². The number of carbonyl (C=O) groups excluding carboxylic acids is 2. The molecule has 1 aliphatic rings. The van der Waals surface area contributed by atoms with Crippen LogP contribution in [0.2, 0.25) is 10.0 Å². The summed E-state index contributed by atoms with van der Waals surface area (Å²) in [5.41, 5.74) is 2.58. The zero-order valence-electron chi connectivity index (χ0n) is 14.4. The van der Waals surface area contributed by atoms with Gasteiger partial charge in [-0.15, -0.1) is 0 Å². The average molecular weight is 403 g/mol. The van der Waals surface area contributed by atoms with Crippen LogP contribution < -0.4 is 10.2 Å². The van der Waals surface area contributed by atoms with Gasteiger partial charge >= 0.3 is 0 Å². The molecule has 0 aliphatic carbocycles. The molecule has 1 aliphatic heterocycles. The Hall–Kier alpha value is -2.57. The van der Waals surface area contributed by atoms with Crippen molar-refractivity contribution in [1.29, 1.82) is 0 Å². The Balaban J connectivity index is 1.72. The fraction of sp³-hybridized carbons (Fsp3) is 0.211. The van der Waals surface area contributed by atoms with E-state index in [2.05, 4.69) is 10.3 Å². The molecule has 6 nitrogen and oxygen atoms in total. The van der Waals surface area contributed by atoms with E-state index in [0.29, 0.717) is 32.5 Å². The van der Waals surface area contributed by atoms with Gasteiger partial charge in [0.1, 0.15) is 6.54 Å². The number of para-hydroxylation sites is 2. The summed E-state index contributed by atoms with van der Waals surface area (Å²) in [6.45, 7) is 1.91. The van der Waals surface area contributed by atoms with Crippen LogP contribution >= 0.6 is 23.2 Å². The standard InChI is InChI=1S/C19H16Cl2N4O2/c1-11-6-17(26)23-14-4-2-3-5-16(14)25(11)18(27)9-24-10-22-15-8-12(20)7-13(21)19(15)24/h2-5,7-8,10-11H,6,9H2,1H3,(H,23,26)/t11-/m1/s1. The van der Waals surface area contributed by atoms with Crippen LogP contribution in [-0.2, 0) is 16.1 Å². The van der Waals surface area contributed by atoms with Gasteiger partial charge in [-0.1, -0.05) is 35.3 Å². The number of imidazole rings is 1. The van der Waals surface area contributed by atoms with Crippen molar-refractivity contribution in [2.24, 2.45) is 0 Å². The van der Waals surface area contributed by atoms with Crippen molar-refractivity contribution in [2.45, 2.75) is 25.9 Å². The minimum Gasteiger partial charge on any atom is -0.324 e. The molecule has 8 heteroatoms. The zero-order chi connectivity index (χ0) is 19.1. The smallest absolute Gasteiger partial charge is 0.247 e. The van der Waals surface area contributed by atoms with Gasteiger partial charge in [-0.25, -0.2) is 4.98 Å². The van der Waals surface area contributed by atoms with E-state index in [-0.39, 0.29) is 30.8 Å². The molecule has 0 bridgehead atoms. The second-order valence-corrected chi connectivity index (χ2v) is 7.35. The van der Waals surface area contributed by atoms with E-state index in [1.807, 2.05) is 25.1 Å². The molecule has 0 fully saturated rings. The van der Waals surface area contributed by atoms with E-state index in [1.54, 1.807) is 34.0 Å². The molecule has 3 aromatic rings. The zero-order valence-corrected chi connectivity index (χ0v) is 16.0. The normalized spacial score (nSPS) is 16.8. The number of carbonyl (C=O) groups is 2. The summed E-state index contributed by atoms with van der Waals surface area (Å²) < 4.78 is 1.70. The van der Waals surface area contributed by atoms with Crippen LogP contribution in [0.5, 0.6) is 0 Å². The third kappa shape index (κ3) is 3.26. The predicted molar refractivity (Wildman–Crippen MR) is 106 cm³/mol. The van der Waals surface area contributed by atoms with Gasteiger partial charge in [-0.3, -0.25) is 9.59 Å². The van der Waals surface area contributed by atoms with Crippen molar-refractivity contribution in [3.8, 4) is 0 Å². The van der Waals surface area contributed by atoms with Gasteiger partial charge in [0.2, 0.25) is 11.8 Å². The number of halogens is 2. The maximum atomic E-state index is 13.2. The number of aromatic nitrogens is 2.